The van der Waals surface area contributed by atoms with Gasteiger partial charge in [0.25, 0.3) is 0 Å². The van der Waals surface area contributed by atoms with E-state index < -0.39 is 24.2 Å². The Morgan fingerprint density at radius 2 is 1.66 bits per heavy atom. The predicted molar refractivity (Wildman–Crippen MR) is 128 cm³/mol. The number of hydrogen-bond acceptors (Lipinski definition) is 5. The Labute approximate surface area is 204 Å². The van der Waals surface area contributed by atoms with Gasteiger partial charge in [0.15, 0.2) is 6.10 Å². The summed E-state index contributed by atoms with van der Waals surface area (Å²) >= 11 is 0. The third-order valence-corrected chi connectivity index (χ3v) is 7.27. The Balaban J connectivity index is 1.13. The van der Waals surface area contributed by atoms with Crippen LogP contribution >= 0.6 is 0 Å². The lowest BCUT2D eigenvalue weighted by Gasteiger charge is -2.20. The van der Waals surface area contributed by atoms with Crippen molar-refractivity contribution in [1.29, 1.82) is 0 Å². The van der Waals surface area contributed by atoms with Gasteiger partial charge in [0.05, 0.1) is 6.04 Å². The first kappa shape index (κ1) is 23.4. The molecule has 2 amide bonds. The van der Waals surface area contributed by atoms with Crippen LogP contribution in [0.4, 0.5) is 4.79 Å². The Morgan fingerprint density at radius 1 is 1.00 bits per heavy atom. The average Bonchev–Trinajstić information content (AvgIpc) is 3.51. The molecule has 3 N–H and O–H groups in total. The fraction of sp³-hybridized carbons (Fsp3) is 0.444. The van der Waals surface area contributed by atoms with E-state index in [1.807, 2.05) is 24.3 Å². The van der Waals surface area contributed by atoms with Gasteiger partial charge >= 0.3 is 12.1 Å². The second-order valence-electron chi connectivity index (χ2n) is 9.60. The summed E-state index contributed by atoms with van der Waals surface area (Å²) in [5.41, 5.74) is 4.67. The summed E-state index contributed by atoms with van der Waals surface area (Å²) in [6.45, 7) is 0.905. The van der Waals surface area contributed by atoms with Crippen LogP contribution in [0.2, 0.25) is 0 Å². The summed E-state index contributed by atoms with van der Waals surface area (Å²) in [7, 11) is 0. The highest BCUT2D eigenvalue weighted by molar-refractivity contribution is 5.80. The molecule has 2 fully saturated rings. The summed E-state index contributed by atoms with van der Waals surface area (Å²) in [5.74, 6) is -0.916. The van der Waals surface area contributed by atoms with Crippen molar-refractivity contribution in [3.8, 4) is 11.1 Å². The molecule has 5 rings (SSSR count). The van der Waals surface area contributed by atoms with E-state index in [1.165, 1.54) is 11.1 Å². The quantitative estimate of drug-likeness (QED) is 0.510. The highest BCUT2D eigenvalue weighted by Gasteiger charge is 2.37. The second kappa shape index (κ2) is 10.1. The first-order chi connectivity index (χ1) is 17.0. The number of carbonyl (C=O) groups is 3. The number of aliphatic carboxylic acids is 1. The maximum Gasteiger partial charge on any atom is 0.407 e. The van der Waals surface area contributed by atoms with Crippen molar-refractivity contribution in [3.63, 3.8) is 0 Å². The van der Waals surface area contributed by atoms with Gasteiger partial charge in [-0.05, 0) is 53.4 Å². The minimum Gasteiger partial charge on any atom is -0.479 e. The Bertz CT molecular complexity index is 1070. The number of hydrogen-bond donors (Lipinski definition) is 3. The van der Waals surface area contributed by atoms with Gasteiger partial charge in [0, 0.05) is 25.5 Å². The van der Waals surface area contributed by atoms with Crippen LogP contribution in [0.1, 0.15) is 42.7 Å². The van der Waals surface area contributed by atoms with Crippen LogP contribution in [0.5, 0.6) is 0 Å². The maximum absolute atomic E-state index is 12.6. The van der Waals surface area contributed by atoms with E-state index in [-0.39, 0.29) is 30.8 Å². The number of carbonyl (C=O) groups excluding carboxylic acids is 2. The second-order valence-corrected chi connectivity index (χ2v) is 9.60. The van der Waals surface area contributed by atoms with E-state index in [2.05, 4.69) is 34.9 Å². The lowest BCUT2D eigenvalue weighted by atomic mass is 9.98. The van der Waals surface area contributed by atoms with Gasteiger partial charge in [0.2, 0.25) is 5.91 Å². The van der Waals surface area contributed by atoms with Gasteiger partial charge in [-0.2, -0.15) is 0 Å². The van der Waals surface area contributed by atoms with E-state index in [9.17, 15) is 19.5 Å². The van der Waals surface area contributed by atoms with Crippen LogP contribution < -0.4 is 10.6 Å². The van der Waals surface area contributed by atoms with Crippen molar-refractivity contribution in [2.45, 2.75) is 43.7 Å². The number of fused-ring (bicyclic) bond motifs is 3. The van der Waals surface area contributed by atoms with E-state index in [0.717, 1.165) is 24.0 Å². The largest absolute Gasteiger partial charge is 0.479 e. The van der Waals surface area contributed by atoms with Crippen molar-refractivity contribution < 1.29 is 29.0 Å². The van der Waals surface area contributed by atoms with Crippen LogP contribution in [0.3, 0.4) is 0 Å². The SMILES string of the molecule is O=C(CC(CNC(=O)OCC1c2ccccc2-c2ccccc21)C1CC1)NC1CCOC1C(=O)O. The normalized spacial score (nSPS) is 21.6. The first-order valence-corrected chi connectivity index (χ1v) is 12.2. The third kappa shape index (κ3) is 5.17. The molecule has 2 aliphatic carbocycles. The van der Waals surface area contributed by atoms with Crippen molar-refractivity contribution in [2.75, 3.05) is 19.8 Å². The zero-order valence-electron chi connectivity index (χ0n) is 19.4. The van der Waals surface area contributed by atoms with Crippen LogP contribution in [0.15, 0.2) is 48.5 Å². The molecule has 8 heteroatoms. The molecule has 1 saturated carbocycles. The van der Waals surface area contributed by atoms with Crippen molar-refractivity contribution in [2.24, 2.45) is 11.8 Å². The molecule has 3 atom stereocenters. The average molecular weight is 479 g/mol. The molecule has 3 aliphatic rings. The fourth-order valence-corrected chi connectivity index (χ4v) is 5.32. The highest BCUT2D eigenvalue weighted by atomic mass is 16.5. The molecule has 0 radical (unpaired) electrons. The maximum atomic E-state index is 12.6. The molecule has 184 valence electrons. The molecule has 35 heavy (non-hydrogen) atoms. The van der Waals surface area contributed by atoms with Gasteiger partial charge in [-0.1, -0.05) is 48.5 Å². The topological polar surface area (TPSA) is 114 Å². The minimum atomic E-state index is -1.07. The van der Waals surface area contributed by atoms with Crippen LogP contribution in [-0.2, 0) is 19.1 Å². The lowest BCUT2D eigenvalue weighted by Crippen LogP contribution is -2.45. The predicted octanol–water partition coefficient (Wildman–Crippen LogP) is 3.30. The molecule has 1 aliphatic heterocycles. The van der Waals surface area contributed by atoms with Crippen LogP contribution in [0, 0.1) is 11.8 Å². The van der Waals surface area contributed by atoms with Gasteiger partial charge in [-0.25, -0.2) is 9.59 Å². The number of benzene rings is 2. The molecular formula is C27H30N2O6. The molecule has 8 nitrogen and oxygen atoms in total. The number of amides is 2. The third-order valence-electron chi connectivity index (χ3n) is 7.27. The van der Waals surface area contributed by atoms with E-state index in [1.54, 1.807) is 0 Å². The number of carboxylic acid groups (broad SMARTS) is 1. The standard InChI is InChI=1S/C27H30N2O6/c30-24(29-23-11-12-34-25(23)26(31)32)13-17(16-9-10-16)14-28-27(33)35-15-22-20-7-3-1-5-18(20)19-6-2-4-8-21(19)22/h1-8,16-17,22-23,25H,9-15H2,(H,28,33)(H,29,30)(H,31,32). The Morgan fingerprint density at radius 3 is 2.29 bits per heavy atom. The highest BCUT2D eigenvalue weighted by Crippen LogP contribution is 2.44. The van der Waals surface area contributed by atoms with Gasteiger partial charge in [0.1, 0.15) is 6.61 Å². The van der Waals surface area contributed by atoms with E-state index >= 15 is 0 Å². The Hall–Kier alpha value is -3.39. The summed E-state index contributed by atoms with van der Waals surface area (Å²) in [6.07, 6.45) is 1.26. The lowest BCUT2D eigenvalue weighted by molar-refractivity contribution is -0.148. The fourth-order valence-electron chi connectivity index (χ4n) is 5.32. The number of carboxylic acids is 1. The van der Waals surface area contributed by atoms with Gasteiger partial charge in [-0.3, -0.25) is 4.79 Å². The summed E-state index contributed by atoms with van der Waals surface area (Å²) in [5, 5.41) is 14.9. The van der Waals surface area contributed by atoms with E-state index in [0.29, 0.717) is 25.5 Å². The number of alkyl carbamates (subject to hydrolysis) is 1. The molecule has 3 unspecified atom stereocenters. The number of rotatable bonds is 9. The molecule has 2 aromatic carbocycles. The summed E-state index contributed by atoms with van der Waals surface area (Å²) in [6, 6.07) is 15.9. The zero-order chi connectivity index (χ0) is 24.4. The molecule has 0 spiro atoms. The molecule has 0 aromatic heterocycles. The molecule has 2 aromatic rings. The monoisotopic (exact) mass is 478 g/mol. The van der Waals surface area contributed by atoms with Gasteiger partial charge < -0.3 is 25.2 Å². The molecule has 0 bridgehead atoms. The number of nitrogens with one attached hydrogen (secondary N) is 2. The van der Waals surface area contributed by atoms with Crippen LogP contribution in [-0.4, -0.2) is 55.0 Å². The zero-order valence-corrected chi connectivity index (χ0v) is 19.4. The van der Waals surface area contributed by atoms with Gasteiger partial charge in [-0.15, -0.1) is 0 Å². The smallest absolute Gasteiger partial charge is 0.407 e. The number of ether oxygens (including phenoxy) is 2. The summed E-state index contributed by atoms with van der Waals surface area (Å²) < 4.78 is 10.8. The van der Waals surface area contributed by atoms with Crippen molar-refractivity contribution in [1.82, 2.24) is 10.6 Å². The van der Waals surface area contributed by atoms with Crippen molar-refractivity contribution in [3.05, 3.63) is 59.7 Å². The molecule has 1 heterocycles. The van der Waals surface area contributed by atoms with Crippen LogP contribution in [0.25, 0.3) is 11.1 Å². The molecular weight excluding hydrogens is 448 g/mol. The Kier molecular flexibility index (Phi) is 6.72. The summed E-state index contributed by atoms with van der Waals surface area (Å²) in [4.78, 5) is 36.4. The first-order valence-electron chi connectivity index (χ1n) is 12.2. The molecule has 1 saturated heterocycles. The minimum absolute atomic E-state index is 0.00558. The van der Waals surface area contributed by atoms with E-state index in [4.69, 9.17) is 9.47 Å². The van der Waals surface area contributed by atoms with Crippen molar-refractivity contribution >= 4 is 18.0 Å².